The summed E-state index contributed by atoms with van der Waals surface area (Å²) in [6.45, 7) is 7.64. The smallest absolute Gasteiger partial charge is 0.0984 e. The van der Waals surface area contributed by atoms with Gasteiger partial charge in [0.15, 0.2) is 0 Å². The zero-order valence-corrected chi connectivity index (χ0v) is 14.8. The Bertz CT molecular complexity index is 629. The normalized spacial score (nSPS) is 20.6. The second kappa shape index (κ2) is 8.48. The van der Waals surface area contributed by atoms with Crippen molar-refractivity contribution < 1.29 is 0 Å². The molecule has 126 valence electrons. The summed E-state index contributed by atoms with van der Waals surface area (Å²) < 4.78 is 0. The molecule has 2 nitrogen and oxygen atoms in total. The first-order valence-corrected chi connectivity index (χ1v) is 9.03. The molecule has 0 N–H and O–H groups in total. The van der Waals surface area contributed by atoms with Gasteiger partial charge in [-0.3, -0.25) is 9.80 Å². The largest absolute Gasteiger partial charge is 0.296 e. The van der Waals surface area contributed by atoms with Gasteiger partial charge in [0.25, 0.3) is 0 Å². The minimum Gasteiger partial charge on any atom is -0.296 e. The second-order valence-electron chi connectivity index (χ2n) is 6.34. The van der Waals surface area contributed by atoms with Crippen molar-refractivity contribution in [2.75, 3.05) is 26.2 Å². The maximum absolute atomic E-state index is 6.77. The second-order valence-corrected chi connectivity index (χ2v) is 6.84. The topological polar surface area (TPSA) is 6.48 Å². The predicted octanol–water partition coefficient (Wildman–Crippen LogP) is 4.34. The van der Waals surface area contributed by atoms with Crippen LogP contribution in [0.15, 0.2) is 73.3 Å². The summed E-state index contributed by atoms with van der Waals surface area (Å²) in [6, 6.07) is 21.7. The average Bonchev–Trinajstić information content (AvgIpc) is 2.62. The Morgan fingerprint density at radius 2 is 1.71 bits per heavy atom. The minimum atomic E-state index is 0.0209. The minimum absolute atomic E-state index is 0.0209. The van der Waals surface area contributed by atoms with Crippen LogP contribution in [0, 0.1) is 0 Å². The van der Waals surface area contributed by atoms with Gasteiger partial charge in [-0.1, -0.05) is 66.7 Å². The fourth-order valence-electron chi connectivity index (χ4n) is 3.44. The lowest BCUT2D eigenvalue weighted by Gasteiger charge is -2.42. The van der Waals surface area contributed by atoms with Crippen LogP contribution in [0.4, 0.5) is 0 Å². The highest BCUT2D eigenvalue weighted by atomic mass is 35.5. The van der Waals surface area contributed by atoms with Crippen LogP contribution in [0.25, 0.3) is 0 Å². The highest BCUT2D eigenvalue weighted by Crippen LogP contribution is 2.30. The molecule has 2 atom stereocenters. The van der Waals surface area contributed by atoms with Crippen molar-refractivity contribution in [3.63, 3.8) is 0 Å². The number of alkyl halides is 1. The van der Waals surface area contributed by atoms with E-state index in [2.05, 4.69) is 77.0 Å². The summed E-state index contributed by atoms with van der Waals surface area (Å²) in [4.78, 5) is 4.81. The van der Waals surface area contributed by atoms with E-state index in [-0.39, 0.29) is 5.50 Å². The Labute approximate surface area is 150 Å². The molecule has 2 aromatic rings. The van der Waals surface area contributed by atoms with E-state index in [4.69, 9.17) is 11.6 Å². The summed E-state index contributed by atoms with van der Waals surface area (Å²) in [6.07, 6.45) is 2.94. The molecule has 2 unspecified atom stereocenters. The lowest BCUT2D eigenvalue weighted by Crippen LogP contribution is -2.52. The molecule has 1 aliphatic rings. The number of rotatable bonds is 6. The first-order chi connectivity index (χ1) is 11.8. The third kappa shape index (κ3) is 4.27. The van der Waals surface area contributed by atoms with Gasteiger partial charge in [0, 0.05) is 32.2 Å². The quantitative estimate of drug-likeness (QED) is 0.438. The van der Waals surface area contributed by atoms with Crippen molar-refractivity contribution >= 4 is 11.6 Å². The average molecular weight is 341 g/mol. The van der Waals surface area contributed by atoms with Gasteiger partial charge in [-0.05, 0) is 17.5 Å². The highest BCUT2D eigenvalue weighted by molar-refractivity contribution is 6.20. The molecule has 0 aliphatic carbocycles. The van der Waals surface area contributed by atoms with Crippen LogP contribution >= 0.6 is 11.6 Å². The molecule has 0 radical (unpaired) electrons. The molecule has 1 aliphatic heterocycles. The third-order valence-electron chi connectivity index (χ3n) is 4.69. The van der Waals surface area contributed by atoms with Crippen molar-refractivity contribution in [2.24, 2.45) is 0 Å². The van der Waals surface area contributed by atoms with E-state index in [0.29, 0.717) is 6.04 Å². The van der Waals surface area contributed by atoms with Crippen LogP contribution < -0.4 is 0 Å². The molecule has 3 heteroatoms. The number of piperazine rings is 1. The zero-order chi connectivity index (χ0) is 16.8. The maximum atomic E-state index is 6.77. The van der Waals surface area contributed by atoms with Gasteiger partial charge in [0.2, 0.25) is 0 Å². The van der Waals surface area contributed by atoms with Crippen molar-refractivity contribution in [1.29, 1.82) is 0 Å². The fourth-order valence-corrected chi connectivity index (χ4v) is 3.87. The first kappa shape index (κ1) is 17.2. The summed E-state index contributed by atoms with van der Waals surface area (Å²) in [5.74, 6) is 0. The number of hydrogen-bond donors (Lipinski definition) is 0. The van der Waals surface area contributed by atoms with Crippen molar-refractivity contribution in [1.82, 2.24) is 9.80 Å². The van der Waals surface area contributed by atoms with E-state index in [0.717, 1.165) is 32.6 Å². The van der Waals surface area contributed by atoms with E-state index in [1.807, 2.05) is 6.08 Å². The molecule has 0 saturated carbocycles. The van der Waals surface area contributed by atoms with Crippen molar-refractivity contribution in [3.8, 4) is 0 Å². The molecule has 0 bridgehead atoms. The van der Waals surface area contributed by atoms with Crippen molar-refractivity contribution in [3.05, 3.63) is 84.4 Å². The van der Waals surface area contributed by atoms with Gasteiger partial charge in [-0.15, -0.1) is 18.2 Å². The molecule has 0 aromatic heterocycles. The first-order valence-electron chi connectivity index (χ1n) is 8.60. The van der Waals surface area contributed by atoms with Crippen LogP contribution in [0.1, 0.15) is 17.2 Å². The molecule has 1 heterocycles. The standard InChI is InChI=1S/C21H25ClN2/c1-2-13-23-14-15-24(21(22)17-23)20(19-11-7-4-8-12-19)16-18-9-5-3-6-10-18/h2-12,20-21H,1,13-17H2. The van der Waals surface area contributed by atoms with Crippen LogP contribution in [0.5, 0.6) is 0 Å². The van der Waals surface area contributed by atoms with Gasteiger partial charge < -0.3 is 0 Å². The maximum Gasteiger partial charge on any atom is 0.0984 e. The van der Waals surface area contributed by atoms with E-state index in [9.17, 15) is 0 Å². The van der Waals surface area contributed by atoms with Gasteiger partial charge in [0.1, 0.15) is 0 Å². The van der Waals surface area contributed by atoms with E-state index in [1.165, 1.54) is 11.1 Å². The van der Waals surface area contributed by atoms with Crippen LogP contribution in [0.3, 0.4) is 0 Å². The van der Waals surface area contributed by atoms with Gasteiger partial charge in [0.05, 0.1) is 5.50 Å². The molecule has 1 fully saturated rings. The number of hydrogen-bond acceptors (Lipinski definition) is 2. The number of nitrogens with zero attached hydrogens (tertiary/aromatic N) is 2. The molecule has 3 rings (SSSR count). The Morgan fingerprint density at radius 1 is 1.04 bits per heavy atom. The number of halogens is 1. The Balaban J connectivity index is 1.81. The van der Waals surface area contributed by atoms with Crippen molar-refractivity contribution in [2.45, 2.75) is 18.0 Å². The van der Waals surface area contributed by atoms with Gasteiger partial charge in [-0.2, -0.15) is 0 Å². The van der Waals surface area contributed by atoms with Crippen LogP contribution in [-0.4, -0.2) is 41.5 Å². The fraction of sp³-hybridized carbons (Fsp3) is 0.333. The molecule has 1 saturated heterocycles. The third-order valence-corrected chi connectivity index (χ3v) is 5.08. The lowest BCUT2D eigenvalue weighted by molar-refractivity contribution is 0.0824. The lowest BCUT2D eigenvalue weighted by atomic mass is 9.96. The predicted molar refractivity (Wildman–Crippen MR) is 102 cm³/mol. The molecule has 0 amide bonds. The molecule has 24 heavy (non-hydrogen) atoms. The van der Waals surface area contributed by atoms with Gasteiger partial charge >= 0.3 is 0 Å². The molecular formula is C21H25ClN2. The van der Waals surface area contributed by atoms with E-state index < -0.39 is 0 Å². The van der Waals surface area contributed by atoms with Crippen LogP contribution in [-0.2, 0) is 6.42 Å². The monoisotopic (exact) mass is 340 g/mol. The zero-order valence-electron chi connectivity index (χ0n) is 14.0. The Kier molecular flexibility index (Phi) is 6.08. The highest BCUT2D eigenvalue weighted by Gasteiger charge is 2.31. The Hall–Kier alpha value is -1.61. The molecule has 2 aromatic carbocycles. The SMILES string of the molecule is C=CCN1CCN(C(Cc2ccccc2)c2ccccc2)C(Cl)C1. The molecular weight excluding hydrogens is 316 g/mol. The van der Waals surface area contributed by atoms with Crippen LogP contribution in [0.2, 0.25) is 0 Å². The van der Waals surface area contributed by atoms with E-state index >= 15 is 0 Å². The van der Waals surface area contributed by atoms with Gasteiger partial charge in [-0.25, -0.2) is 0 Å². The summed E-state index contributed by atoms with van der Waals surface area (Å²) in [5.41, 5.74) is 2.71. The van der Waals surface area contributed by atoms with E-state index in [1.54, 1.807) is 0 Å². The summed E-state index contributed by atoms with van der Waals surface area (Å²) in [7, 11) is 0. The number of benzene rings is 2. The molecule has 0 spiro atoms. The Morgan fingerprint density at radius 3 is 2.33 bits per heavy atom. The summed E-state index contributed by atoms with van der Waals surface area (Å²) >= 11 is 6.77. The summed E-state index contributed by atoms with van der Waals surface area (Å²) in [5, 5.41) is 0.